The fourth-order valence-corrected chi connectivity index (χ4v) is 2.82. The molecular weight excluding hydrogens is 276 g/mol. The average Bonchev–Trinajstić information content (AvgIpc) is 3.00. The van der Waals surface area contributed by atoms with Crippen LogP contribution in [0, 0.1) is 13.8 Å². The van der Waals surface area contributed by atoms with Gasteiger partial charge in [-0.05, 0) is 48.7 Å². The van der Waals surface area contributed by atoms with Crippen LogP contribution in [-0.2, 0) is 0 Å². The molecule has 2 aromatic carbocycles. The molecule has 0 saturated heterocycles. The van der Waals surface area contributed by atoms with Gasteiger partial charge in [0, 0.05) is 12.0 Å². The van der Waals surface area contributed by atoms with E-state index in [9.17, 15) is 5.11 Å². The van der Waals surface area contributed by atoms with Crippen LogP contribution in [0.4, 0.5) is 0 Å². The average molecular weight is 296 g/mol. The maximum atomic E-state index is 10.3. The second-order valence-corrected chi connectivity index (χ2v) is 5.70. The molecule has 1 heterocycles. The molecule has 0 aromatic heterocycles. The fourth-order valence-electron chi connectivity index (χ4n) is 2.82. The van der Waals surface area contributed by atoms with Crippen LogP contribution >= 0.6 is 0 Å². The third kappa shape index (κ3) is 2.64. The summed E-state index contributed by atoms with van der Waals surface area (Å²) in [7, 11) is 1.66. The Kier molecular flexibility index (Phi) is 3.75. The summed E-state index contributed by atoms with van der Waals surface area (Å²) in [5.74, 6) is 1.16. The SMILES string of the molecule is COc1ccc([C@H]2CC(c3cc(C)cc(C)c3O)=NN2)cc1. The second kappa shape index (κ2) is 5.72. The van der Waals surface area contributed by atoms with Gasteiger partial charge in [-0.2, -0.15) is 5.10 Å². The Bertz CT molecular complexity index is 721. The number of aromatic hydroxyl groups is 1. The van der Waals surface area contributed by atoms with Gasteiger partial charge in [0.2, 0.25) is 0 Å². The van der Waals surface area contributed by atoms with E-state index >= 15 is 0 Å². The maximum absolute atomic E-state index is 10.3. The molecule has 2 N–H and O–H groups in total. The van der Waals surface area contributed by atoms with Gasteiger partial charge in [-0.25, -0.2) is 0 Å². The normalized spacial score (nSPS) is 17.0. The minimum Gasteiger partial charge on any atom is -0.507 e. The molecule has 0 saturated carbocycles. The number of phenolic OH excluding ortho intramolecular Hbond substituents is 1. The Morgan fingerprint density at radius 3 is 2.59 bits per heavy atom. The first kappa shape index (κ1) is 14.4. The number of methoxy groups -OCH3 is 1. The maximum Gasteiger partial charge on any atom is 0.127 e. The van der Waals surface area contributed by atoms with Crippen LogP contribution in [0.3, 0.4) is 0 Å². The lowest BCUT2D eigenvalue weighted by Gasteiger charge is -2.11. The molecule has 3 rings (SSSR count). The van der Waals surface area contributed by atoms with E-state index in [0.29, 0.717) is 5.75 Å². The van der Waals surface area contributed by atoms with Gasteiger partial charge in [0.05, 0.1) is 18.9 Å². The summed E-state index contributed by atoms with van der Waals surface area (Å²) >= 11 is 0. The van der Waals surface area contributed by atoms with Crippen molar-refractivity contribution in [1.29, 1.82) is 0 Å². The largest absolute Gasteiger partial charge is 0.507 e. The van der Waals surface area contributed by atoms with E-state index in [-0.39, 0.29) is 6.04 Å². The first-order valence-electron chi connectivity index (χ1n) is 7.35. The highest BCUT2D eigenvalue weighted by Crippen LogP contribution is 2.31. The number of hydrazone groups is 1. The summed E-state index contributed by atoms with van der Waals surface area (Å²) in [6.07, 6.45) is 0.753. The topological polar surface area (TPSA) is 53.9 Å². The Morgan fingerprint density at radius 1 is 1.18 bits per heavy atom. The molecule has 0 bridgehead atoms. The van der Waals surface area contributed by atoms with Crippen molar-refractivity contribution in [2.45, 2.75) is 26.3 Å². The molecule has 22 heavy (non-hydrogen) atoms. The molecule has 2 aromatic rings. The molecule has 1 aliphatic heterocycles. The van der Waals surface area contributed by atoms with Crippen molar-refractivity contribution in [3.8, 4) is 11.5 Å². The molecule has 114 valence electrons. The molecule has 4 heteroatoms. The van der Waals surface area contributed by atoms with Crippen LogP contribution in [-0.4, -0.2) is 17.9 Å². The molecule has 0 radical (unpaired) electrons. The number of hydrogen-bond acceptors (Lipinski definition) is 4. The zero-order chi connectivity index (χ0) is 15.7. The third-order valence-corrected chi connectivity index (χ3v) is 4.03. The van der Waals surface area contributed by atoms with Gasteiger partial charge >= 0.3 is 0 Å². The molecule has 1 atom stereocenters. The number of benzene rings is 2. The van der Waals surface area contributed by atoms with Gasteiger partial charge in [0.1, 0.15) is 11.5 Å². The van der Waals surface area contributed by atoms with Gasteiger partial charge in [-0.3, -0.25) is 0 Å². The van der Waals surface area contributed by atoms with E-state index in [1.807, 2.05) is 50.2 Å². The van der Waals surface area contributed by atoms with Crippen molar-refractivity contribution in [1.82, 2.24) is 5.43 Å². The van der Waals surface area contributed by atoms with E-state index in [0.717, 1.165) is 40.1 Å². The molecule has 0 spiro atoms. The van der Waals surface area contributed by atoms with E-state index in [4.69, 9.17) is 4.74 Å². The Labute approximate surface area is 130 Å². The van der Waals surface area contributed by atoms with Crippen molar-refractivity contribution < 1.29 is 9.84 Å². The van der Waals surface area contributed by atoms with Gasteiger partial charge in [-0.15, -0.1) is 0 Å². The first-order chi connectivity index (χ1) is 10.6. The summed E-state index contributed by atoms with van der Waals surface area (Å²) in [4.78, 5) is 0. The number of nitrogens with zero attached hydrogens (tertiary/aromatic N) is 1. The van der Waals surface area contributed by atoms with Crippen molar-refractivity contribution in [2.75, 3.05) is 7.11 Å². The molecular formula is C18H20N2O2. The first-order valence-corrected chi connectivity index (χ1v) is 7.35. The summed E-state index contributed by atoms with van der Waals surface area (Å²) in [5.41, 5.74) is 8.04. The van der Waals surface area contributed by atoms with E-state index in [2.05, 4.69) is 10.5 Å². The third-order valence-electron chi connectivity index (χ3n) is 4.03. The zero-order valence-corrected chi connectivity index (χ0v) is 13.1. The lowest BCUT2D eigenvalue weighted by molar-refractivity contribution is 0.414. The highest BCUT2D eigenvalue weighted by molar-refractivity contribution is 6.04. The minimum absolute atomic E-state index is 0.126. The van der Waals surface area contributed by atoms with Gasteiger partial charge < -0.3 is 15.3 Å². The summed E-state index contributed by atoms with van der Waals surface area (Å²) in [6, 6.07) is 12.1. The standard InChI is InChI=1S/C18H20N2O2/c1-11-8-12(2)18(21)15(9-11)17-10-16(19-20-17)13-4-6-14(22-3)7-5-13/h4-9,16,19,21H,10H2,1-3H3/t16-/m1/s1. The van der Waals surface area contributed by atoms with Crippen LogP contribution in [0.25, 0.3) is 0 Å². The number of rotatable bonds is 3. The number of hydrogen-bond donors (Lipinski definition) is 2. The second-order valence-electron chi connectivity index (χ2n) is 5.70. The number of aryl methyl sites for hydroxylation is 2. The lowest BCUT2D eigenvalue weighted by Crippen LogP contribution is -2.09. The van der Waals surface area contributed by atoms with E-state index < -0.39 is 0 Å². The molecule has 0 amide bonds. The van der Waals surface area contributed by atoms with Crippen LogP contribution in [0.5, 0.6) is 11.5 Å². The predicted molar refractivity (Wildman–Crippen MR) is 87.6 cm³/mol. The number of phenols is 1. The highest BCUT2D eigenvalue weighted by Gasteiger charge is 2.23. The van der Waals surface area contributed by atoms with Crippen molar-refractivity contribution in [2.24, 2.45) is 5.10 Å². The minimum atomic E-state index is 0.126. The Morgan fingerprint density at radius 2 is 1.91 bits per heavy atom. The molecule has 4 nitrogen and oxygen atoms in total. The smallest absolute Gasteiger partial charge is 0.127 e. The number of nitrogens with one attached hydrogen (secondary N) is 1. The van der Waals surface area contributed by atoms with Gasteiger partial charge in [0.15, 0.2) is 0 Å². The Balaban J connectivity index is 1.82. The van der Waals surface area contributed by atoms with Crippen LogP contribution in [0.15, 0.2) is 41.5 Å². The monoisotopic (exact) mass is 296 g/mol. The lowest BCUT2D eigenvalue weighted by atomic mass is 9.96. The quantitative estimate of drug-likeness (QED) is 0.912. The van der Waals surface area contributed by atoms with Crippen molar-refractivity contribution in [3.05, 3.63) is 58.7 Å². The van der Waals surface area contributed by atoms with Gasteiger partial charge in [-0.1, -0.05) is 18.2 Å². The van der Waals surface area contributed by atoms with Crippen molar-refractivity contribution in [3.63, 3.8) is 0 Å². The number of ether oxygens (including phenoxy) is 1. The fraction of sp³-hybridized carbons (Fsp3) is 0.278. The van der Waals surface area contributed by atoms with Crippen LogP contribution in [0.2, 0.25) is 0 Å². The summed E-state index contributed by atoms with van der Waals surface area (Å²) in [6.45, 7) is 3.94. The van der Waals surface area contributed by atoms with Crippen LogP contribution < -0.4 is 10.2 Å². The Hall–Kier alpha value is -2.49. The zero-order valence-electron chi connectivity index (χ0n) is 13.1. The van der Waals surface area contributed by atoms with Crippen molar-refractivity contribution >= 4 is 5.71 Å². The predicted octanol–water partition coefficient (Wildman–Crippen LogP) is 3.46. The van der Waals surface area contributed by atoms with Crippen LogP contribution in [0.1, 0.15) is 34.7 Å². The van der Waals surface area contributed by atoms with E-state index in [1.165, 1.54) is 0 Å². The summed E-state index contributed by atoms with van der Waals surface area (Å²) in [5, 5.41) is 14.7. The molecule has 0 aliphatic carbocycles. The summed E-state index contributed by atoms with van der Waals surface area (Å²) < 4.78 is 5.18. The van der Waals surface area contributed by atoms with E-state index in [1.54, 1.807) is 7.11 Å². The molecule has 1 aliphatic rings. The molecule has 0 fully saturated rings. The van der Waals surface area contributed by atoms with Gasteiger partial charge in [0.25, 0.3) is 0 Å². The molecule has 0 unspecified atom stereocenters. The highest BCUT2D eigenvalue weighted by atomic mass is 16.5.